The van der Waals surface area contributed by atoms with Crippen LogP contribution < -0.4 is 20.3 Å². The van der Waals surface area contributed by atoms with Gasteiger partial charge in [0.25, 0.3) is 0 Å². The summed E-state index contributed by atoms with van der Waals surface area (Å²) in [5, 5.41) is 8.34. The highest BCUT2D eigenvalue weighted by Gasteiger charge is 2.35. The van der Waals surface area contributed by atoms with Gasteiger partial charge in [0.2, 0.25) is 21.9 Å². The lowest BCUT2D eigenvalue weighted by Gasteiger charge is -2.24. The Balaban J connectivity index is 1.51. The van der Waals surface area contributed by atoms with Crippen LogP contribution in [0.25, 0.3) is 0 Å². The van der Waals surface area contributed by atoms with Crippen molar-refractivity contribution >= 4 is 44.9 Å². The Morgan fingerprint density at radius 1 is 1.11 bits per heavy atom. The number of nitrogens with zero attached hydrogens (tertiary/aromatic N) is 4. The number of benzene rings is 1. The predicted octanol–water partition coefficient (Wildman–Crippen LogP) is 4.38. The largest absolute Gasteiger partial charge is 0.421 e. The monoisotopic (exact) mass is 549 g/mol. The molecule has 0 bridgehead atoms. The number of pyridine rings is 1. The van der Waals surface area contributed by atoms with E-state index in [0.29, 0.717) is 23.1 Å². The van der Waals surface area contributed by atoms with Gasteiger partial charge in [-0.15, -0.1) is 0 Å². The Labute approximate surface area is 217 Å². The van der Waals surface area contributed by atoms with E-state index >= 15 is 0 Å². The van der Waals surface area contributed by atoms with Gasteiger partial charge in [-0.3, -0.25) is 9.10 Å². The van der Waals surface area contributed by atoms with Crippen LogP contribution in [0, 0.1) is 5.92 Å². The summed E-state index contributed by atoms with van der Waals surface area (Å²) in [6.07, 6.45) is 1.12. The molecular weight excluding hydrogens is 523 g/mol. The fourth-order valence-corrected chi connectivity index (χ4v) is 4.13. The van der Waals surface area contributed by atoms with E-state index in [1.807, 2.05) is 0 Å². The van der Waals surface area contributed by atoms with Crippen molar-refractivity contribution in [3.05, 3.63) is 59.9 Å². The molecule has 2 aromatic heterocycles. The zero-order valence-electron chi connectivity index (χ0n) is 20.6. The minimum Gasteiger partial charge on any atom is -0.365 e. The molecule has 0 unspecified atom stereocenters. The maximum Gasteiger partial charge on any atom is 0.421 e. The van der Waals surface area contributed by atoms with Gasteiger partial charge in [0.05, 0.1) is 6.26 Å². The van der Waals surface area contributed by atoms with Crippen LogP contribution in [-0.2, 0) is 27.5 Å². The molecule has 14 heteroatoms. The van der Waals surface area contributed by atoms with E-state index in [0.717, 1.165) is 29.8 Å². The molecule has 202 valence electrons. The molecule has 1 aliphatic carbocycles. The zero-order chi connectivity index (χ0) is 27.5. The summed E-state index contributed by atoms with van der Waals surface area (Å²) < 4.78 is 65.8. The van der Waals surface area contributed by atoms with Crippen molar-refractivity contribution in [2.45, 2.75) is 32.0 Å². The molecule has 3 N–H and O–H groups in total. The fraction of sp³-hybridized carbons (Fsp3) is 0.333. The number of alkyl halides is 3. The number of nitrogens with one attached hydrogen (secondary N) is 3. The van der Waals surface area contributed by atoms with Crippen molar-refractivity contribution in [2.75, 3.05) is 33.6 Å². The topological polar surface area (TPSA) is 129 Å². The predicted molar refractivity (Wildman–Crippen MR) is 138 cm³/mol. The van der Waals surface area contributed by atoms with Crippen molar-refractivity contribution in [3.63, 3.8) is 0 Å². The Morgan fingerprint density at radius 2 is 1.79 bits per heavy atom. The van der Waals surface area contributed by atoms with Crippen LogP contribution in [0.2, 0.25) is 0 Å². The van der Waals surface area contributed by atoms with Gasteiger partial charge in [-0.25, -0.2) is 18.4 Å². The van der Waals surface area contributed by atoms with E-state index in [1.54, 1.807) is 36.4 Å². The van der Waals surface area contributed by atoms with E-state index < -0.39 is 27.6 Å². The molecule has 0 radical (unpaired) electrons. The molecule has 0 aliphatic heterocycles. The van der Waals surface area contributed by atoms with Crippen LogP contribution in [0.15, 0.2) is 48.8 Å². The number of carbonyl (C=O) groups is 1. The van der Waals surface area contributed by atoms with Crippen molar-refractivity contribution in [2.24, 2.45) is 5.92 Å². The smallest absolute Gasteiger partial charge is 0.365 e. The third-order valence-corrected chi connectivity index (χ3v) is 7.26. The van der Waals surface area contributed by atoms with Gasteiger partial charge in [0, 0.05) is 48.8 Å². The number of sulfonamides is 1. The molecule has 10 nitrogen and oxygen atoms in total. The van der Waals surface area contributed by atoms with E-state index in [-0.39, 0.29) is 30.1 Å². The van der Waals surface area contributed by atoms with Gasteiger partial charge in [-0.05, 0) is 43.2 Å². The molecule has 0 atom stereocenters. The van der Waals surface area contributed by atoms with Crippen LogP contribution in [0.4, 0.5) is 42.1 Å². The molecular formula is C24H26F3N7O3S. The van der Waals surface area contributed by atoms with E-state index in [1.165, 1.54) is 13.2 Å². The number of halogens is 3. The number of anilines is 5. The number of hydrogen-bond donors (Lipinski definition) is 3. The molecule has 1 amide bonds. The van der Waals surface area contributed by atoms with Crippen LogP contribution in [0.1, 0.15) is 30.4 Å². The van der Waals surface area contributed by atoms with Crippen LogP contribution in [0.3, 0.4) is 0 Å². The zero-order valence-corrected chi connectivity index (χ0v) is 21.4. The average molecular weight is 550 g/mol. The molecule has 1 fully saturated rings. The first-order valence-corrected chi connectivity index (χ1v) is 13.5. The summed E-state index contributed by atoms with van der Waals surface area (Å²) >= 11 is 0. The molecule has 2 heterocycles. The first-order chi connectivity index (χ1) is 17.9. The summed E-state index contributed by atoms with van der Waals surface area (Å²) in [7, 11) is -2.34. The minimum atomic E-state index is -4.73. The highest BCUT2D eigenvalue weighted by atomic mass is 32.2. The van der Waals surface area contributed by atoms with Gasteiger partial charge in [0.1, 0.15) is 17.2 Å². The third-order valence-electron chi connectivity index (χ3n) is 6.09. The summed E-state index contributed by atoms with van der Waals surface area (Å²) in [4.78, 5) is 24.0. The molecule has 1 aromatic carbocycles. The third kappa shape index (κ3) is 6.49. The lowest BCUT2D eigenvalue weighted by Crippen LogP contribution is -2.27. The van der Waals surface area contributed by atoms with E-state index in [9.17, 15) is 26.4 Å². The quantitative estimate of drug-likeness (QED) is 0.359. The minimum absolute atomic E-state index is 0.0294. The summed E-state index contributed by atoms with van der Waals surface area (Å²) in [6.45, 7) is -0.183. The van der Waals surface area contributed by atoms with Crippen molar-refractivity contribution in [1.29, 1.82) is 0 Å². The van der Waals surface area contributed by atoms with Crippen LogP contribution >= 0.6 is 0 Å². The summed E-state index contributed by atoms with van der Waals surface area (Å²) in [5.41, 5.74) is 0.372. The maximum atomic E-state index is 13.7. The standard InChI is InChI=1S/C24H26F3N7O3S/c1-34(38(2,36)37)21-16(7-4-12-28-21)13-29-20-19(24(25,26)27)14-30-23(33-20)32-18-10-8-17(9-11-18)31-22(35)15-5-3-6-15/h4,7-12,14-15H,3,5-6,13H2,1-2H3,(H,31,35)(H2,29,30,32,33). The molecule has 3 aromatic rings. The maximum absolute atomic E-state index is 13.7. The Kier molecular flexibility index (Phi) is 7.71. The second-order valence-electron chi connectivity index (χ2n) is 8.84. The molecule has 1 aliphatic rings. The molecule has 1 saturated carbocycles. The fourth-order valence-electron chi connectivity index (χ4n) is 3.65. The van der Waals surface area contributed by atoms with Gasteiger partial charge in [0.15, 0.2) is 0 Å². The second kappa shape index (κ2) is 10.8. The number of hydrogen-bond acceptors (Lipinski definition) is 8. The van der Waals surface area contributed by atoms with Gasteiger partial charge in [-0.1, -0.05) is 12.5 Å². The number of carbonyl (C=O) groups excluding carboxylic acids is 1. The summed E-state index contributed by atoms with van der Waals surface area (Å²) in [5.74, 6) is -0.498. The van der Waals surface area contributed by atoms with E-state index in [4.69, 9.17) is 0 Å². The Bertz CT molecular complexity index is 1410. The summed E-state index contributed by atoms with van der Waals surface area (Å²) in [6, 6.07) is 9.73. The molecule has 4 rings (SSSR count). The van der Waals surface area contributed by atoms with Gasteiger partial charge >= 0.3 is 6.18 Å². The van der Waals surface area contributed by atoms with Gasteiger partial charge < -0.3 is 16.0 Å². The Morgan fingerprint density at radius 3 is 2.39 bits per heavy atom. The SMILES string of the molecule is CN(c1ncccc1CNc1nc(Nc2ccc(NC(=O)C3CCC3)cc2)ncc1C(F)(F)F)S(C)(=O)=O. The second-order valence-corrected chi connectivity index (χ2v) is 10.9. The van der Waals surface area contributed by atoms with Crippen molar-refractivity contribution in [3.8, 4) is 0 Å². The normalized spacial score (nSPS) is 13.9. The highest BCUT2D eigenvalue weighted by molar-refractivity contribution is 7.92. The number of aromatic nitrogens is 3. The van der Waals surface area contributed by atoms with Crippen molar-refractivity contribution in [1.82, 2.24) is 15.0 Å². The number of amides is 1. The lowest BCUT2D eigenvalue weighted by atomic mass is 9.85. The first-order valence-electron chi connectivity index (χ1n) is 11.7. The Hall–Kier alpha value is -3.94. The molecule has 0 saturated heterocycles. The van der Waals surface area contributed by atoms with E-state index in [2.05, 4.69) is 30.9 Å². The highest BCUT2D eigenvalue weighted by Crippen LogP contribution is 2.35. The first kappa shape index (κ1) is 27.1. The van der Waals surface area contributed by atoms with Crippen molar-refractivity contribution < 1.29 is 26.4 Å². The van der Waals surface area contributed by atoms with Gasteiger partial charge in [-0.2, -0.15) is 18.2 Å². The molecule has 38 heavy (non-hydrogen) atoms. The average Bonchev–Trinajstić information content (AvgIpc) is 2.81. The lowest BCUT2D eigenvalue weighted by molar-refractivity contribution is -0.137. The number of rotatable bonds is 9. The van der Waals surface area contributed by atoms with Crippen LogP contribution in [0.5, 0.6) is 0 Å². The molecule has 0 spiro atoms. The van der Waals surface area contributed by atoms with Crippen LogP contribution in [-0.4, -0.2) is 42.6 Å².